The van der Waals surface area contributed by atoms with Crippen LogP contribution in [-0.4, -0.2) is 16.3 Å². The Bertz CT molecular complexity index is 754. The van der Waals surface area contributed by atoms with Crippen LogP contribution in [0.2, 0.25) is 0 Å². The Morgan fingerprint density at radius 2 is 1.87 bits per heavy atom. The maximum absolute atomic E-state index is 10.7. The van der Waals surface area contributed by atoms with Gasteiger partial charge in [-0.1, -0.05) is 30.3 Å². The number of aryl methyl sites for hydroxylation is 2. The van der Waals surface area contributed by atoms with E-state index in [1.807, 2.05) is 32.0 Å². The third kappa shape index (κ3) is 4.58. The molecule has 2 N–H and O–H groups in total. The molecule has 7 heteroatoms. The largest absolute Gasteiger partial charge is 0.331 e. The highest BCUT2D eigenvalue weighted by Crippen LogP contribution is 2.19. The van der Waals surface area contributed by atoms with E-state index in [2.05, 4.69) is 15.8 Å². The van der Waals surface area contributed by atoms with Gasteiger partial charge >= 0.3 is 0 Å². The molecule has 0 aliphatic rings. The van der Waals surface area contributed by atoms with Gasteiger partial charge in [0.15, 0.2) is 5.11 Å². The van der Waals surface area contributed by atoms with Gasteiger partial charge in [0, 0.05) is 23.4 Å². The molecular formula is C16H16N4O2S. The number of hydrogen-bond donors (Lipinski definition) is 2. The van der Waals surface area contributed by atoms with Crippen LogP contribution in [0, 0.1) is 24.0 Å². The minimum absolute atomic E-state index is 0.0187. The summed E-state index contributed by atoms with van der Waals surface area (Å²) in [5.74, 6) is 0. The minimum Gasteiger partial charge on any atom is -0.331 e. The smallest absolute Gasteiger partial charge is 0.270 e. The van der Waals surface area contributed by atoms with Gasteiger partial charge in [-0.25, -0.2) is 0 Å². The van der Waals surface area contributed by atoms with Gasteiger partial charge in [-0.05, 0) is 37.2 Å². The predicted molar refractivity (Wildman–Crippen MR) is 96.0 cm³/mol. The van der Waals surface area contributed by atoms with Gasteiger partial charge < -0.3 is 5.32 Å². The average molecular weight is 328 g/mol. The van der Waals surface area contributed by atoms with Crippen molar-refractivity contribution in [2.75, 3.05) is 5.32 Å². The molecule has 0 unspecified atom stereocenters. The Balaban J connectivity index is 1.99. The van der Waals surface area contributed by atoms with Crippen LogP contribution in [0.3, 0.4) is 0 Å². The van der Waals surface area contributed by atoms with Gasteiger partial charge in [0.2, 0.25) is 0 Å². The summed E-state index contributed by atoms with van der Waals surface area (Å²) in [5, 5.41) is 18.2. The number of anilines is 1. The van der Waals surface area contributed by atoms with Crippen LogP contribution in [-0.2, 0) is 0 Å². The van der Waals surface area contributed by atoms with Gasteiger partial charge in [0.05, 0.1) is 11.1 Å². The summed E-state index contributed by atoms with van der Waals surface area (Å²) >= 11 is 5.19. The molecule has 0 aliphatic carbocycles. The summed E-state index contributed by atoms with van der Waals surface area (Å²) in [6.45, 7) is 3.98. The predicted octanol–water partition coefficient (Wildman–Crippen LogP) is 3.53. The number of nitrogens with zero attached hydrogens (tertiary/aromatic N) is 2. The Kier molecular flexibility index (Phi) is 5.37. The van der Waals surface area contributed by atoms with Crippen molar-refractivity contribution in [1.29, 1.82) is 0 Å². The summed E-state index contributed by atoms with van der Waals surface area (Å²) in [6.07, 6.45) is 1.48. The minimum atomic E-state index is -0.447. The molecule has 0 fully saturated rings. The van der Waals surface area contributed by atoms with Crippen LogP contribution in [0.25, 0.3) is 0 Å². The summed E-state index contributed by atoms with van der Waals surface area (Å²) in [6, 6.07) is 12.2. The lowest BCUT2D eigenvalue weighted by Crippen LogP contribution is -2.24. The van der Waals surface area contributed by atoms with Crippen LogP contribution >= 0.6 is 12.2 Å². The molecule has 0 bridgehead atoms. The number of hydrogen-bond acceptors (Lipinski definition) is 4. The highest BCUT2D eigenvalue weighted by molar-refractivity contribution is 7.80. The highest BCUT2D eigenvalue weighted by Gasteiger charge is 2.05. The number of para-hydroxylation sites is 1. The fraction of sp³-hybridized carbons (Fsp3) is 0.125. The van der Waals surface area contributed by atoms with E-state index in [-0.39, 0.29) is 5.69 Å². The molecule has 0 saturated heterocycles. The molecule has 0 atom stereocenters. The lowest BCUT2D eigenvalue weighted by molar-refractivity contribution is -0.384. The Morgan fingerprint density at radius 3 is 2.52 bits per heavy atom. The molecule has 23 heavy (non-hydrogen) atoms. The standard InChI is InChI=1S/C16H16N4O2S/c1-11-5-3-6-12(2)15(11)18-16(23)19-17-10-13-7-4-8-14(9-13)20(21)22/h3-10H,1-2H3,(H2,18,19,23)/b17-10+. The van der Waals surface area contributed by atoms with Crippen LogP contribution in [0.5, 0.6) is 0 Å². The van der Waals surface area contributed by atoms with Crippen molar-refractivity contribution in [3.63, 3.8) is 0 Å². The third-order valence-corrected chi connectivity index (χ3v) is 3.37. The molecule has 118 valence electrons. The Labute approximate surface area is 139 Å². The summed E-state index contributed by atoms with van der Waals surface area (Å²) in [5.41, 5.74) is 6.44. The fourth-order valence-electron chi connectivity index (χ4n) is 2.04. The van der Waals surface area contributed by atoms with Crippen molar-refractivity contribution in [3.05, 3.63) is 69.3 Å². The number of non-ortho nitro benzene ring substituents is 1. The molecule has 0 aliphatic heterocycles. The third-order valence-electron chi connectivity index (χ3n) is 3.18. The molecule has 0 radical (unpaired) electrons. The van der Waals surface area contributed by atoms with E-state index >= 15 is 0 Å². The number of thiocarbonyl (C=S) groups is 1. The molecule has 2 rings (SSSR count). The summed E-state index contributed by atoms with van der Waals surface area (Å²) in [4.78, 5) is 10.3. The molecule has 0 heterocycles. The van der Waals surface area contributed by atoms with Crippen LogP contribution in [0.4, 0.5) is 11.4 Å². The Hall–Kier alpha value is -2.80. The van der Waals surface area contributed by atoms with Crippen molar-refractivity contribution < 1.29 is 4.92 Å². The van der Waals surface area contributed by atoms with Gasteiger partial charge in [0.25, 0.3) is 5.69 Å². The first kappa shape index (κ1) is 16.6. The van der Waals surface area contributed by atoms with E-state index in [0.717, 1.165) is 16.8 Å². The average Bonchev–Trinajstić information content (AvgIpc) is 2.51. The van der Waals surface area contributed by atoms with Crippen LogP contribution in [0.1, 0.15) is 16.7 Å². The first-order valence-electron chi connectivity index (χ1n) is 6.88. The van der Waals surface area contributed by atoms with Gasteiger partial charge in [-0.2, -0.15) is 5.10 Å². The number of nitrogens with one attached hydrogen (secondary N) is 2. The zero-order valence-electron chi connectivity index (χ0n) is 12.7. The molecule has 6 nitrogen and oxygen atoms in total. The normalized spacial score (nSPS) is 10.5. The maximum atomic E-state index is 10.7. The maximum Gasteiger partial charge on any atom is 0.270 e. The van der Waals surface area contributed by atoms with E-state index in [0.29, 0.717) is 10.7 Å². The molecule has 2 aromatic rings. The summed E-state index contributed by atoms with van der Waals surface area (Å²) < 4.78 is 0. The first-order valence-corrected chi connectivity index (χ1v) is 7.29. The first-order chi connectivity index (χ1) is 11.0. The summed E-state index contributed by atoms with van der Waals surface area (Å²) in [7, 11) is 0. The van der Waals surface area contributed by atoms with E-state index < -0.39 is 4.92 Å². The van der Waals surface area contributed by atoms with Crippen LogP contribution < -0.4 is 10.7 Å². The van der Waals surface area contributed by atoms with Crippen molar-refractivity contribution in [1.82, 2.24) is 5.43 Å². The van der Waals surface area contributed by atoms with Gasteiger partial charge in [0.1, 0.15) is 0 Å². The molecule has 0 aromatic heterocycles. The molecule has 0 saturated carbocycles. The quantitative estimate of drug-likeness (QED) is 0.388. The topological polar surface area (TPSA) is 79.6 Å². The van der Waals surface area contributed by atoms with E-state index in [1.165, 1.54) is 18.3 Å². The van der Waals surface area contributed by atoms with Crippen molar-refractivity contribution in [2.24, 2.45) is 5.10 Å². The van der Waals surface area contributed by atoms with E-state index in [4.69, 9.17) is 12.2 Å². The molecule has 0 amide bonds. The van der Waals surface area contributed by atoms with Crippen molar-refractivity contribution in [2.45, 2.75) is 13.8 Å². The lowest BCUT2D eigenvalue weighted by atomic mass is 10.1. The zero-order valence-corrected chi connectivity index (χ0v) is 13.6. The van der Waals surface area contributed by atoms with Gasteiger partial charge in [-0.15, -0.1) is 0 Å². The van der Waals surface area contributed by atoms with Crippen molar-refractivity contribution >= 4 is 34.9 Å². The second-order valence-corrected chi connectivity index (χ2v) is 5.35. The van der Waals surface area contributed by atoms with E-state index in [1.54, 1.807) is 12.1 Å². The number of rotatable bonds is 4. The number of hydrazone groups is 1. The second-order valence-electron chi connectivity index (χ2n) is 4.94. The molecular weight excluding hydrogens is 312 g/mol. The fourth-order valence-corrected chi connectivity index (χ4v) is 2.19. The molecule has 2 aromatic carbocycles. The number of nitro groups is 1. The highest BCUT2D eigenvalue weighted by atomic mass is 32.1. The second kappa shape index (κ2) is 7.46. The molecule has 0 spiro atoms. The monoisotopic (exact) mass is 328 g/mol. The number of benzene rings is 2. The zero-order chi connectivity index (χ0) is 16.8. The van der Waals surface area contributed by atoms with Crippen LogP contribution in [0.15, 0.2) is 47.6 Å². The lowest BCUT2D eigenvalue weighted by Gasteiger charge is -2.12. The number of nitro benzene ring substituents is 1. The van der Waals surface area contributed by atoms with Crippen molar-refractivity contribution in [3.8, 4) is 0 Å². The van der Waals surface area contributed by atoms with Gasteiger partial charge in [-0.3, -0.25) is 15.5 Å². The van der Waals surface area contributed by atoms with E-state index in [9.17, 15) is 10.1 Å². The Morgan fingerprint density at radius 1 is 1.22 bits per heavy atom. The SMILES string of the molecule is Cc1cccc(C)c1NC(=S)N/N=C/c1cccc([N+](=O)[O-])c1.